The smallest absolute Gasteiger partial charge is 0.247 e. The fourth-order valence-electron chi connectivity index (χ4n) is 1.77. The Kier molecular flexibility index (Phi) is 5.31. The van der Waals surface area contributed by atoms with Gasteiger partial charge in [-0.15, -0.1) is 0 Å². The van der Waals surface area contributed by atoms with Crippen molar-refractivity contribution >= 4 is 45.8 Å². The molecule has 1 aliphatic rings. The molecule has 21 heavy (non-hydrogen) atoms. The second-order valence-corrected chi connectivity index (χ2v) is 5.09. The van der Waals surface area contributed by atoms with Gasteiger partial charge in [-0.1, -0.05) is 30.3 Å². The van der Waals surface area contributed by atoms with Crippen molar-refractivity contribution in [2.45, 2.75) is 6.42 Å². The summed E-state index contributed by atoms with van der Waals surface area (Å²) in [5.74, 6) is -0.274. The van der Waals surface area contributed by atoms with E-state index in [1.165, 1.54) is 6.08 Å². The third-order valence-electron chi connectivity index (χ3n) is 2.75. The second-order valence-electron chi connectivity index (χ2n) is 4.27. The molecule has 1 heterocycles. The van der Waals surface area contributed by atoms with Crippen molar-refractivity contribution in [3.05, 3.63) is 53.6 Å². The van der Waals surface area contributed by atoms with Crippen LogP contribution in [0.25, 0.3) is 0 Å². The molecule has 0 spiro atoms. The number of halogens is 2. The lowest BCUT2D eigenvalue weighted by Crippen LogP contribution is -2.10. The van der Waals surface area contributed by atoms with Crippen molar-refractivity contribution in [2.24, 2.45) is 9.98 Å². The molecule has 4 nitrogen and oxygen atoms in total. The summed E-state index contributed by atoms with van der Waals surface area (Å²) in [6.45, 7) is 3.84. The Labute approximate surface area is 132 Å². The topological polar surface area (TPSA) is 53.8 Å². The van der Waals surface area contributed by atoms with Crippen LogP contribution in [0.1, 0.15) is 12.0 Å². The van der Waals surface area contributed by atoms with Crippen LogP contribution in [0.15, 0.2) is 58.0 Å². The number of carbonyl (C=O) groups excluding carboxylic acids is 1. The number of carbonyl (C=O) groups is 1. The molecule has 1 N–H and O–H groups in total. The summed E-state index contributed by atoms with van der Waals surface area (Å²) in [6, 6.07) is 7.27. The van der Waals surface area contributed by atoms with Crippen LogP contribution < -0.4 is 5.32 Å². The Bertz CT molecular complexity index is 663. The lowest BCUT2D eigenvalue weighted by Gasteiger charge is -2.10. The Morgan fingerprint density at radius 1 is 1.38 bits per heavy atom. The van der Waals surface area contributed by atoms with Crippen molar-refractivity contribution in [3.8, 4) is 0 Å². The first-order chi connectivity index (χ1) is 10.1. The molecule has 0 unspecified atom stereocenters. The molecule has 0 aromatic heterocycles. The van der Waals surface area contributed by atoms with Gasteiger partial charge in [0.25, 0.3) is 0 Å². The fraction of sp³-hybridized carbons (Fsp3) is 0.133. The standard InChI is InChI=1S/C15H13Cl2N3O/c1-2-14(21)19-12-5-3-4-10(8-12)13-9-11(16)6-7-18-15(17)20-13/h2-6,8H,1,7,9H2,(H,19,21)/b11-6+,18-15-,20-13+. The first-order valence-electron chi connectivity index (χ1n) is 6.24. The van der Waals surface area contributed by atoms with Crippen molar-refractivity contribution in [2.75, 3.05) is 11.9 Å². The van der Waals surface area contributed by atoms with Crippen molar-refractivity contribution in [3.63, 3.8) is 0 Å². The van der Waals surface area contributed by atoms with Gasteiger partial charge in [-0.25, -0.2) is 4.99 Å². The largest absolute Gasteiger partial charge is 0.323 e. The van der Waals surface area contributed by atoms with Gasteiger partial charge in [0, 0.05) is 17.1 Å². The highest BCUT2D eigenvalue weighted by Crippen LogP contribution is 2.19. The van der Waals surface area contributed by atoms with Crippen molar-refractivity contribution in [1.82, 2.24) is 0 Å². The molecule has 2 rings (SSSR count). The molecular formula is C15H13Cl2N3O. The minimum atomic E-state index is -0.274. The molecule has 0 atom stereocenters. The maximum Gasteiger partial charge on any atom is 0.247 e. The summed E-state index contributed by atoms with van der Waals surface area (Å²) in [6.07, 6.45) is 3.47. The van der Waals surface area contributed by atoms with Gasteiger partial charge in [0.2, 0.25) is 11.2 Å². The van der Waals surface area contributed by atoms with Gasteiger partial charge in [-0.2, -0.15) is 0 Å². The lowest BCUT2D eigenvalue weighted by molar-refractivity contribution is -0.111. The third kappa shape index (κ3) is 4.55. The van der Waals surface area contributed by atoms with E-state index in [2.05, 4.69) is 21.9 Å². The van der Waals surface area contributed by atoms with Gasteiger partial charge in [0.05, 0.1) is 12.3 Å². The number of nitrogens with zero attached hydrogens (tertiary/aromatic N) is 2. The van der Waals surface area contributed by atoms with Crippen molar-refractivity contribution in [1.29, 1.82) is 0 Å². The molecule has 0 bridgehead atoms. The number of amides is 1. The number of rotatable bonds is 3. The monoisotopic (exact) mass is 321 g/mol. The van der Waals surface area contributed by atoms with E-state index in [0.29, 0.717) is 29.4 Å². The van der Waals surface area contributed by atoms with Gasteiger partial charge in [0.1, 0.15) is 0 Å². The molecular weight excluding hydrogens is 309 g/mol. The van der Waals surface area contributed by atoms with Gasteiger partial charge < -0.3 is 5.32 Å². The van der Waals surface area contributed by atoms with E-state index in [9.17, 15) is 4.79 Å². The van der Waals surface area contributed by atoms with E-state index < -0.39 is 0 Å². The minimum absolute atomic E-state index is 0.186. The molecule has 0 aliphatic carbocycles. The van der Waals surface area contributed by atoms with Crippen LogP contribution in [-0.4, -0.2) is 23.5 Å². The lowest BCUT2D eigenvalue weighted by atomic mass is 10.1. The van der Waals surface area contributed by atoms with E-state index in [0.717, 1.165) is 5.56 Å². The van der Waals surface area contributed by atoms with Gasteiger partial charge >= 0.3 is 0 Å². The number of benzene rings is 1. The second kappa shape index (κ2) is 7.20. The predicted molar refractivity (Wildman–Crippen MR) is 88.5 cm³/mol. The van der Waals surface area contributed by atoms with Gasteiger partial charge in [0.15, 0.2) is 0 Å². The zero-order valence-corrected chi connectivity index (χ0v) is 12.7. The third-order valence-corrected chi connectivity index (χ3v) is 3.24. The maximum absolute atomic E-state index is 11.3. The number of nitrogens with one attached hydrogen (secondary N) is 1. The highest BCUT2D eigenvalue weighted by Gasteiger charge is 2.10. The molecule has 6 heteroatoms. The van der Waals surface area contributed by atoms with Gasteiger partial charge in [-0.05, 0) is 41.4 Å². The highest BCUT2D eigenvalue weighted by molar-refractivity contribution is 6.65. The summed E-state index contributed by atoms with van der Waals surface area (Å²) in [4.78, 5) is 19.7. The molecule has 1 aliphatic heterocycles. The molecule has 0 fully saturated rings. The van der Waals surface area contributed by atoms with Crippen LogP contribution in [0.5, 0.6) is 0 Å². The highest BCUT2D eigenvalue weighted by atomic mass is 35.5. The molecule has 1 aromatic rings. The predicted octanol–water partition coefficient (Wildman–Crippen LogP) is 3.72. The molecule has 1 amide bonds. The molecule has 108 valence electrons. The maximum atomic E-state index is 11.3. The van der Waals surface area contributed by atoms with Crippen LogP contribution >= 0.6 is 23.2 Å². The number of amidine groups is 1. The van der Waals surface area contributed by atoms with Crippen molar-refractivity contribution < 1.29 is 4.79 Å². The number of hydrogen-bond acceptors (Lipinski definition) is 3. The summed E-state index contributed by atoms with van der Waals surface area (Å²) in [5, 5.41) is 3.54. The zero-order chi connectivity index (χ0) is 15.2. The normalized spacial score (nSPS) is 22.5. The minimum Gasteiger partial charge on any atom is -0.323 e. The average Bonchev–Trinajstić information content (AvgIpc) is 2.45. The first kappa shape index (κ1) is 15.5. The number of allylic oxidation sites excluding steroid dienone is 1. The zero-order valence-electron chi connectivity index (χ0n) is 11.1. The summed E-state index contributed by atoms with van der Waals surface area (Å²) in [7, 11) is 0. The molecule has 0 saturated heterocycles. The Balaban J connectivity index is 2.33. The van der Waals surface area contributed by atoms with Crippen LogP contribution in [0.4, 0.5) is 5.69 Å². The first-order valence-corrected chi connectivity index (χ1v) is 7.00. The average molecular weight is 322 g/mol. The van der Waals surface area contributed by atoms with Crippen LogP contribution in [-0.2, 0) is 4.79 Å². The Morgan fingerprint density at radius 2 is 2.19 bits per heavy atom. The van der Waals surface area contributed by atoms with E-state index >= 15 is 0 Å². The van der Waals surface area contributed by atoms with E-state index in [1.807, 2.05) is 12.1 Å². The SMILES string of the molecule is C=CC(=O)Nc1cccc(/C2=N/C(Cl)=N\C/C=C(/Cl)C2)c1. The van der Waals surface area contributed by atoms with Crippen LogP contribution in [0.3, 0.4) is 0 Å². The summed E-state index contributed by atoms with van der Waals surface area (Å²) < 4.78 is 0. The van der Waals surface area contributed by atoms with Crippen LogP contribution in [0.2, 0.25) is 0 Å². The summed E-state index contributed by atoms with van der Waals surface area (Å²) >= 11 is 12.1. The number of anilines is 1. The van der Waals surface area contributed by atoms with E-state index in [4.69, 9.17) is 23.2 Å². The van der Waals surface area contributed by atoms with Gasteiger partial charge in [-0.3, -0.25) is 9.79 Å². The Morgan fingerprint density at radius 3 is 2.95 bits per heavy atom. The summed E-state index contributed by atoms with van der Waals surface area (Å²) in [5.41, 5.74) is 2.16. The van der Waals surface area contributed by atoms with Crippen LogP contribution in [0, 0.1) is 0 Å². The molecule has 1 aromatic carbocycles. The molecule has 0 saturated carbocycles. The Hall–Kier alpha value is -1.91. The van der Waals surface area contributed by atoms with E-state index in [1.54, 1.807) is 18.2 Å². The quantitative estimate of drug-likeness (QED) is 0.669. The number of hydrogen-bond donors (Lipinski definition) is 1. The fourth-order valence-corrected chi connectivity index (χ4v) is 2.14. The molecule has 0 radical (unpaired) electrons. The van der Waals surface area contributed by atoms with E-state index in [-0.39, 0.29) is 11.2 Å². The number of aliphatic imine (C=N–C) groups is 2.